The van der Waals surface area contributed by atoms with E-state index in [2.05, 4.69) is 20.1 Å². The summed E-state index contributed by atoms with van der Waals surface area (Å²) in [7, 11) is 0. The van der Waals surface area contributed by atoms with Gasteiger partial charge in [-0.25, -0.2) is 28.4 Å². The second-order valence-electron chi connectivity index (χ2n) is 8.38. The number of carbonyl (C=O) groups excluding carboxylic acids is 1. The van der Waals surface area contributed by atoms with Crippen LogP contribution in [0, 0.1) is 5.41 Å². The van der Waals surface area contributed by atoms with Crippen LogP contribution < -0.4 is 9.80 Å². The lowest BCUT2D eigenvalue weighted by molar-refractivity contribution is -0.141. The van der Waals surface area contributed by atoms with Crippen molar-refractivity contribution in [2.45, 2.75) is 32.0 Å². The molecule has 13 heteroatoms. The van der Waals surface area contributed by atoms with E-state index in [1.807, 2.05) is 4.90 Å². The van der Waals surface area contributed by atoms with Crippen molar-refractivity contribution in [2.75, 3.05) is 29.4 Å². The maximum Gasteiger partial charge on any atom is 0.433 e. The Morgan fingerprint density at radius 1 is 1.09 bits per heavy atom. The number of hydrogen-bond donors (Lipinski definition) is 0. The second kappa shape index (κ2) is 7.59. The Labute approximate surface area is 184 Å². The highest BCUT2D eigenvalue weighted by molar-refractivity contribution is 5.96. The number of hydrogen-bond acceptors (Lipinski definition) is 6. The lowest BCUT2D eigenvalue weighted by Crippen LogP contribution is -2.31. The maximum atomic E-state index is 12.8. The molecule has 5 heterocycles. The first-order chi connectivity index (χ1) is 15.6. The van der Waals surface area contributed by atoms with Gasteiger partial charge >= 0.3 is 6.18 Å². The monoisotopic (exact) mass is 467 g/mol. The number of alkyl halides is 5. The molecule has 5 rings (SSSR count). The van der Waals surface area contributed by atoms with Gasteiger partial charge in [0.05, 0.1) is 24.3 Å². The molecule has 174 valence electrons. The van der Waals surface area contributed by atoms with Crippen LogP contribution in [0.1, 0.15) is 18.5 Å². The Hall–Kier alpha value is -3.38. The lowest BCUT2D eigenvalue weighted by Gasteiger charge is -2.24. The maximum absolute atomic E-state index is 12.8. The fourth-order valence-electron chi connectivity index (χ4n) is 4.50. The summed E-state index contributed by atoms with van der Waals surface area (Å²) in [6.07, 6.45) is -2.23. The Balaban J connectivity index is 1.34. The highest BCUT2D eigenvalue weighted by Crippen LogP contribution is 2.43. The summed E-state index contributed by atoms with van der Waals surface area (Å²) in [5, 5.41) is 3.91. The van der Waals surface area contributed by atoms with Gasteiger partial charge in [0.2, 0.25) is 5.91 Å². The van der Waals surface area contributed by atoms with Gasteiger partial charge in [0.15, 0.2) is 5.65 Å². The number of pyridine rings is 1. The number of amides is 1. The Morgan fingerprint density at radius 2 is 1.91 bits per heavy atom. The molecule has 1 unspecified atom stereocenters. The predicted molar refractivity (Wildman–Crippen MR) is 107 cm³/mol. The summed E-state index contributed by atoms with van der Waals surface area (Å²) >= 11 is 0. The summed E-state index contributed by atoms with van der Waals surface area (Å²) in [6, 6.07) is 2.12. The summed E-state index contributed by atoms with van der Waals surface area (Å²) in [5.41, 5.74) is -0.432. The molecule has 1 amide bonds. The summed E-state index contributed by atoms with van der Waals surface area (Å²) in [5.74, 6) is 0.312. The van der Waals surface area contributed by atoms with Gasteiger partial charge in [0, 0.05) is 31.5 Å². The Morgan fingerprint density at radius 3 is 2.61 bits per heavy atom. The van der Waals surface area contributed by atoms with Crippen molar-refractivity contribution in [3.8, 4) is 0 Å². The van der Waals surface area contributed by atoms with Crippen LogP contribution in [0.5, 0.6) is 0 Å². The molecule has 1 spiro atoms. The molecule has 8 nitrogen and oxygen atoms in total. The molecule has 0 bridgehead atoms. The van der Waals surface area contributed by atoms with Crippen LogP contribution in [0.4, 0.5) is 33.5 Å². The standard InChI is InChI=1S/C20H18F5N7O/c21-15(22)9-32-18-13(7-28-32)26-8-16(29-18)30-4-3-19(10-30)5-17(33)31(11-19)12-1-2-14(27-6-12)20(23,24)25/h1-2,6-8,15H,3-5,9-11H2. The van der Waals surface area contributed by atoms with Gasteiger partial charge in [-0.1, -0.05) is 0 Å². The SMILES string of the molecule is O=C1CC2(CCN(c3cnc4cnn(CC(F)F)c4n3)C2)CN1c1ccc(C(F)(F)F)nc1. The molecule has 1 atom stereocenters. The van der Waals surface area contributed by atoms with E-state index in [4.69, 9.17) is 0 Å². The van der Waals surface area contributed by atoms with Gasteiger partial charge < -0.3 is 9.80 Å². The molecule has 0 radical (unpaired) electrons. The minimum atomic E-state index is -4.55. The van der Waals surface area contributed by atoms with E-state index < -0.39 is 30.3 Å². The zero-order chi connectivity index (χ0) is 23.4. The molecule has 3 aromatic rings. The van der Waals surface area contributed by atoms with E-state index in [0.717, 1.165) is 16.9 Å². The zero-order valence-corrected chi connectivity index (χ0v) is 17.1. The molecule has 2 aliphatic heterocycles. The normalized spacial score (nSPS) is 21.3. The van der Waals surface area contributed by atoms with Crippen molar-refractivity contribution in [3.63, 3.8) is 0 Å². The van der Waals surface area contributed by atoms with Crippen molar-refractivity contribution in [3.05, 3.63) is 36.4 Å². The van der Waals surface area contributed by atoms with Crippen LogP contribution in [0.3, 0.4) is 0 Å². The predicted octanol–water partition coefficient (Wildman–Crippen LogP) is 3.14. The van der Waals surface area contributed by atoms with E-state index in [9.17, 15) is 26.7 Å². The zero-order valence-electron chi connectivity index (χ0n) is 17.1. The van der Waals surface area contributed by atoms with Gasteiger partial charge in [0.25, 0.3) is 6.43 Å². The van der Waals surface area contributed by atoms with E-state index in [0.29, 0.717) is 43.1 Å². The molecule has 0 aromatic carbocycles. The Kier molecular flexibility index (Phi) is 4.94. The van der Waals surface area contributed by atoms with Gasteiger partial charge in [-0.05, 0) is 18.6 Å². The summed E-state index contributed by atoms with van der Waals surface area (Å²) < 4.78 is 65.1. The molecule has 3 aromatic heterocycles. The molecule has 0 aliphatic carbocycles. The second-order valence-corrected chi connectivity index (χ2v) is 8.38. The summed E-state index contributed by atoms with van der Waals surface area (Å²) in [4.78, 5) is 28.3. The lowest BCUT2D eigenvalue weighted by atomic mass is 9.86. The minimum Gasteiger partial charge on any atom is -0.355 e. The fraction of sp³-hybridized carbons (Fsp3) is 0.450. The van der Waals surface area contributed by atoms with E-state index in [1.165, 1.54) is 17.2 Å². The first kappa shape index (κ1) is 21.5. The average molecular weight is 467 g/mol. The van der Waals surface area contributed by atoms with E-state index >= 15 is 0 Å². The number of fused-ring (bicyclic) bond motifs is 1. The van der Waals surface area contributed by atoms with Crippen LogP contribution >= 0.6 is 0 Å². The molecular formula is C20H18F5N7O. The fourth-order valence-corrected chi connectivity index (χ4v) is 4.50. The quantitative estimate of drug-likeness (QED) is 0.549. The molecule has 2 aliphatic rings. The number of aromatic nitrogens is 5. The molecule has 2 saturated heterocycles. The highest BCUT2D eigenvalue weighted by atomic mass is 19.4. The third-order valence-corrected chi connectivity index (χ3v) is 6.08. The first-order valence-electron chi connectivity index (χ1n) is 10.2. The number of nitrogens with zero attached hydrogens (tertiary/aromatic N) is 7. The van der Waals surface area contributed by atoms with Crippen molar-refractivity contribution < 1.29 is 26.7 Å². The molecular weight excluding hydrogens is 449 g/mol. The number of carbonyl (C=O) groups is 1. The van der Waals surface area contributed by atoms with Gasteiger partial charge in [0.1, 0.15) is 23.6 Å². The van der Waals surface area contributed by atoms with Gasteiger partial charge in [-0.3, -0.25) is 4.79 Å². The largest absolute Gasteiger partial charge is 0.433 e. The first-order valence-corrected chi connectivity index (χ1v) is 10.2. The molecule has 33 heavy (non-hydrogen) atoms. The van der Waals surface area contributed by atoms with E-state index in [1.54, 1.807) is 6.20 Å². The van der Waals surface area contributed by atoms with Crippen LogP contribution in [-0.4, -0.2) is 56.7 Å². The smallest absolute Gasteiger partial charge is 0.355 e. The summed E-state index contributed by atoms with van der Waals surface area (Å²) in [6.45, 7) is 0.812. The van der Waals surface area contributed by atoms with Gasteiger partial charge in [-0.2, -0.15) is 18.3 Å². The molecule has 0 N–H and O–H groups in total. The van der Waals surface area contributed by atoms with Crippen molar-refractivity contribution >= 4 is 28.6 Å². The van der Waals surface area contributed by atoms with Crippen LogP contribution in [0.2, 0.25) is 0 Å². The van der Waals surface area contributed by atoms with Crippen LogP contribution in [0.25, 0.3) is 11.2 Å². The van der Waals surface area contributed by atoms with Crippen LogP contribution in [-0.2, 0) is 17.5 Å². The van der Waals surface area contributed by atoms with Crippen molar-refractivity contribution in [1.29, 1.82) is 0 Å². The molecule has 0 saturated carbocycles. The highest BCUT2D eigenvalue weighted by Gasteiger charge is 2.48. The van der Waals surface area contributed by atoms with Crippen molar-refractivity contribution in [2.24, 2.45) is 5.41 Å². The number of rotatable bonds is 4. The number of anilines is 2. The average Bonchev–Trinajstić information content (AvgIpc) is 3.44. The van der Waals surface area contributed by atoms with Gasteiger partial charge in [-0.15, -0.1) is 0 Å². The van der Waals surface area contributed by atoms with E-state index in [-0.39, 0.29) is 18.0 Å². The topological polar surface area (TPSA) is 80.0 Å². The third-order valence-electron chi connectivity index (χ3n) is 6.08. The minimum absolute atomic E-state index is 0.185. The third kappa shape index (κ3) is 3.95. The molecule has 2 fully saturated rings. The number of halogens is 5. The van der Waals surface area contributed by atoms with Crippen LogP contribution in [0.15, 0.2) is 30.7 Å². The van der Waals surface area contributed by atoms with Crippen molar-refractivity contribution in [1.82, 2.24) is 24.7 Å². The Bertz CT molecular complexity index is 1200.